The van der Waals surface area contributed by atoms with Crippen molar-refractivity contribution in [2.45, 2.75) is 64.1 Å². The van der Waals surface area contributed by atoms with Crippen molar-refractivity contribution in [3.05, 3.63) is 0 Å². The minimum Gasteiger partial charge on any atom is -0.368 e. The summed E-state index contributed by atoms with van der Waals surface area (Å²) < 4.78 is 0. The molecule has 0 spiro atoms. The highest BCUT2D eigenvalue weighted by molar-refractivity contribution is 5.95. The van der Waals surface area contributed by atoms with Crippen LogP contribution in [0.4, 0.5) is 0 Å². The molecule has 2 aliphatic heterocycles. The van der Waals surface area contributed by atoms with Crippen LogP contribution in [-0.4, -0.2) is 53.2 Å². The maximum atomic E-state index is 12.8. The molecule has 2 rings (SSSR count). The van der Waals surface area contributed by atoms with E-state index in [9.17, 15) is 19.2 Å². The number of carbonyl (C=O) groups excluding carboxylic acids is 4. The van der Waals surface area contributed by atoms with Gasteiger partial charge < -0.3 is 21.3 Å². The largest absolute Gasteiger partial charge is 0.368 e. The van der Waals surface area contributed by atoms with Gasteiger partial charge in [0.1, 0.15) is 18.1 Å². The summed E-state index contributed by atoms with van der Waals surface area (Å²) in [4.78, 5) is 49.4. The van der Waals surface area contributed by atoms with Gasteiger partial charge in [-0.25, -0.2) is 0 Å². The number of nitrogens with two attached hydrogens (primary N) is 1. The van der Waals surface area contributed by atoms with Crippen LogP contribution in [0.25, 0.3) is 0 Å². The Kier molecular flexibility index (Phi) is 5.80. The maximum absolute atomic E-state index is 12.8. The topological polar surface area (TPSA) is 122 Å². The summed E-state index contributed by atoms with van der Waals surface area (Å²) >= 11 is 0. The molecule has 0 aromatic carbocycles. The lowest BCUT2D eigenvalue weighted by atomic mass is 10.0. The second-order valence-corrected chi connectivity index (χ2v) is 6.94. The summed E-state index contributed by atoms with van der Waals surface area (Å²) in [6.07, 6.45) is 2.49. The van der Waals surface area contributed by atoms with E-state index in [1.54, 1.807) is 0 Å². The van der Waals surface area contributed by atoms with Gasteiger partial charge in [0, 0.05) is 13.0 Å². The molecule has 4 amide bonds. The van der Waals surface area contributed by atoms with E-state index in [0.29, 0.717) is 32.2 Å². The molecule has 24 heavy (non-hydrogen) atoms. The lowest BCUT2D eigenvalue weighted by molar-refractivity contribution is -0.141. The third-order valence-corrected chi connectivity index (χ3v) is 4.50. The highest BCUT2D eigenvalue weighted by Gasteiger charge is 2.38. The van der Waals surface area contributed by atoms with Gasteiger partial charge in [-0.15, -0.1) is 0 Å². The lowest BCUT2D eigenvalue weighted by Gasteiger charge is -2.29. The van der Waals surface area contributed by atoms with E-state index in [-0.39, 0.29) is 23.6 Å². The molecule has 0 bridgehead atoms. The van der Waals surface area contributed by atoms with Crippen LogP contribution in [0.2, 0.25) is 0 Å². The molecule has 2 saturated heterocycles. The van der Waals surface area contributed by atoms with Crippen LogP contribution in [0.5, 0.6) is 0 Å². The molecule has 0 aromatic heterocycles. The van der Waals surface area contributed by atoms with E-state index in [2.05, 4.69) is 10.6 Å². The van der Waals surface area contributed by atoms with E-state index in [1.807, 2.05) is 13.8 Å². The van der Waals surface area contributed by atoms with Gasteiger partial charge in [0.05, 0.1) is 0 Å². The van der Waals surface area contributed by atoms with Crippen molar-refractivity contribution in [2.24, 2.45) is 11.7 Å². The van der Waals surface area contributed by atoms with E-state index in [0.717, 1.165) is 6.42 Å². The number of amides is 4. The van der Waals surface area contributed by atoms with Crippen LogP contribution in [-0.2, 0) is 19.2 Å². The molecule has 2 heterocycles. The molecule has 4 N–H and O–H groups in total. The first-order valence-electron chi connectivity index (χ1n) is 8.49. The van der Waals surface area contributed by atoms with Crippen LogP contribution >= 0.6 is 0 Å². The minimum absolute atomic E-state index is 0.157. The number of carbonyl (C=O) groups is 4. The molecule has 0 aromatic rings. The van der Waals surface area contributed by atoms with Gasteiger partial charge >= 0.3 is 0 Å². The van der Waals surface area contributed by atoms with Crippen molar-refractivity contribution in [2.75, 3.05) is 6.54 Å². The van der Waals surface area contributed by atoms with E-state index in [1.165, 1.54) is 4.90 Å². The van der Waals surface area contributed by atoms with Gasteiger partial charge in [0.15, 0.2) is 0 Å². The van der Waals surface area contributed by atoms with Crippen molar-refractivity contribution in [1.29, 1.82) is 0 Å². The minimum atomic E-state index is -0.713. The van der Waals surface area contributed by atoms with Gasteiger partial charge in [0.2, 0.25) is 23.6 Å². The van der Waals surface area contributed by atoms with Crippen LogP contribution in [0, 0.1) is 5.92 Å². The number of rotatable bonds is 6. The van der Waals surface area contributed by atoms with Crippen molar-refractivity contribution < 1.29 is 19.2 Å². The van der Waals surface area contributed by atoms with Crippen LogP contribution in [0.15, 0.2) is 0 Å². The molecule has 8 nitrogen and oxygen atoms in total. The van der Waals surface area contributed by atoms with Gasteiger partial charge in [-0.1, -0.05) is 13.8 Å². The molecule has 0 aliphatic carbocycles. The van der Waals surface area contributed by atoms with Gasteiger partial charge in [-0.3, -0.25) is 19.2 Å². The molecule has 0 saturated carbocycles. The van der Waals surface area contributed by atoms with Crippen LogP contribution in [0.1, 0.15) is 46.0 Å². The summed E-state index contributed by atoms with van der Waals surface area (Å²) in [6.45, 7) is 4.38. The zero-order valence-corrected chi connectivity index (χ0v) is 14.2. The molecule has 134 valence electrons. The smallest absolute Gasteiger partial charge is 0.245 e. The van der Waals surface area contributed by atoms with E-state index < -0.39 is 24.0 Å². The summed E-state index contributed by atoms with van der Waals surface area (Å²) in [5.74, 6) is -1.11. The molecule has 0 radical (unpaired) electrons. The number of hydrogen-bond donors (Lipinski definition) is 3. The predicted molar refractivity (Wildman–Crippen MR) is 86.5 cm³/mol. The van der Waals surface area contributed by atoms with Crippen molar-refractivity contribution in [3.8, 4) is 0 Å². The number of likely N-dealkylation sites (tertiary alicyclic amines) is 1. The van der Waals surface area contributed by atoms with Gasteiger partial charge in [-0.05, 0) is 31.6 Å². The number of primary amides is 1. The summed E-state index contributed by atoms with van der Waals surface area (Å²) in [5, 5.41) is 5.35. The normalized spacial score (nSPS) is 24.8. The van der Waals surface area contributed by atoms with E-state index in [4.69, 9.17) is 5.73 Å². The Bertz CT molecular complexity index is 534. The van der Waals surface area contributed by atoms with Crippen molar-refractivity contribution in [1.82, 2.24) is 15.5 Å². The molecular weight excluding hydrogens is 312 g/mol. The second kappa shape index (κ2) is 7.63. The summed E-state index contributed by atoms with van der Waals surface area (Å²) in [6, 6.07) is -1.91. The first kappa shape index (κ1) is 18.2. The third kappa shape index (κ3) is 4.24. The molecule has 0 unspecified atom stereocenters. The summed E-state index contributed by atoms with van der Waals surface area (Å²) in [5.41, 5.74) is 5.38. The zero-order chi connectivity index (χ0) is 17.9. The average molecular weight is 338 g/mol. The molecule has 2 aliphatic rings. The van der Waals surface area contributed by atoms with Crippen molar-refractivity contribution in [3.63, 3.8) is 0 Å². The second-order valence-electron chi connectivity index (χ2n) is 6.94. The van der Waals surface area contributed by atoms with Gasteiger partial charge in [-0.2, -0.15) is 0 Å². The summed E-state index contributed by atoms with van der Waals surface area (Å²) in [7, 11) is 0. The lowest BCUT2D eigenvalue weighted by Crippen LogP contribution is -2.55. The number of hydrogen-bond acceptors (Lipinski definition) is 4. The Labute approximate surface area is 141 Å². The zero-order valence-electron chi connectivity index (χ0n) is 14.2. The first-order valence-corrected chi connectivity index (χ1v) is 8.49. The maximum Gasteiger partial charge on any atom is 0.245 e. The van der Waals surface area contributed by atoms with Crippen LogP contribution in [0.3, 0.4) is 0 Å². The Morgan fingerprint density at radius 3 is 2.58 bits per heavy atom. The van der Waals surface area contributed by atoms with E-state index >= 15 is 0 Å². The highest BCUT2D eigenvalue weighted by atomic mass is 16.2. The third-order valence-electron chi connectivity index (χ3n) is 4.50. The Balaban J connectivity index is 2.06. The Morgan fingerprint density at radius 1 is 1.33 bits per heavy atom. The quantitative estimate of drug-likeness (QED) is 0.591. The monoisotopic (exact) mass is 338 g/mol. The fraction of sp³-hybridized carbons (Fsp3) is 0.750. The fourth-order valence-corrected chi connectivity index (χ4v) is 3.30. The molecule has 8 heteroatoms. The Hall–Kier alpha value is -2.12. The predicted octanol–water partition coefficient (Wildman–Crippen LogP) is -0.728. The van der Waals surface area contributed by atoms with Crippen molar-refractivity contribution >= 4 is 23.6 Å². The molecule has 3 atom stereocenters. The van der Waals surface area contributed by atoms with Crippen LogP contribution < -0.4 is 16.4 Å². The first-order chi connectivity index (χ1) is 11.3. The van der Waals surface area contributed by atoms with Gasteiger partial charge in [0.25, 0.3) is 0 Å². The highest BCUT2D eigenvalue weighted by Crippen LogP contribution is 2.20. The standard InChI is InChI=1S/C16H26N4O4/c1-9(2)8-11(19-15(23)10-5-6-13(21)18-10)16(24)20-7-3-4-12(20)14(17)22/h9-12H,3-8H2,1-2H3,(H2,17,22)(H,18,21)(H,19,23)/t10-,11-,12+/m0/s1. The Morgan fingerprint density at radius 2 is 2.04 bits per heavy atom. The molecular formula is C16H26N4O4. The number of nitrogens with zero attached hydrogens (tertiary/aromatic N) is 1. The average Bonchev–Trinajstić information content (AvgIpc) is 3.13. The SMILES string of the molecule is CC(C)C[C@H](NC(=O)[C@@H]1CCC(=O)N1)C(=O)N1CCC[C@@H]1C(N)=O. The molecule has 2 fully saturated rings. The fourth-order valence-electron chi connectivity index (χ4n) is 3.30. The number of nitrogens with one attached hydrogen (secondary N) is 2.